The molecule has 1 heterocycles. The highest BCUT2D eigenvalue weighted by Gasteiger charge is 2.76. The van der Waals surface area contributed by atoms with E-state index in [-0.39, 0.29) is 5.41 Å². The van der Waals surface area contributed by atoms with Gasteiger partial charge in [-0.3, -0.25) is 4.74 Å². The molecule has 102 valence electrons. The molecule has 0 radical (unpaired) electrons. The number of carbonyl (C=O) groups is 1. The summed E-state index contributed by atoms with van der Waals surface area (Å²) in [6, 6.07) is 0. The van der Waals surface area contributed by atoms with Crippen molar-refractivity contribution in [3.8, 4) is 0 Å². The predicted octanol–water partition coefficient (Wildman–Crippen LogP) is 2.37. The Morgan fingerprint density at radius 1 is 1.50 bits per heavy atom. The van der Waals surface area contributed by atoms with Crippen LogP contribution in [0.5, 0.6) is 0 Å². The third kappa shape index (κ3) is 2.08. The summed E-state index contributed by atoms with van der Waals surface area (Å²) in [5, 5.41) is 10.3. The third-order valence-corrected chi connectivity index (χ3v) is 4.06. The van der Waals surface area contributed by atoms with Crippen molar-refractivity contribution in [2.45, 2.75) is 58.5 Å². The predicted molar refractivity (Wildman–Crippen MR) is 66.5 cm³/mol. The Labute approximate surface area is 108 Å². The quantitative estimate of drug-likeness (QED) is 0.467. The summed E-state index contributed by atoms with van der Waals surface area (Å²) >= 11 is 0. The SMILES string of the molecule is C=C(C)C(=O)OC12CCC(C(C)(C)C)CC1(O)O2. The first kappa shape index (κ1) is 13.6. The zero-order valence-corrected chi connectivity index (χ0v) is 11.6. The second-order valence-corrected chi connectivity index (χ2v) is 6.61. The van der Waals surface area contributed by atoms with Crippen LogP contribution in [0, 0.1) is 11.3 Å². The summed E-state index contributed by atoms with van der Waals surface area (Å²) in [7, 11) is 0. The van der Waals surface area contributed by atoms with Crippen LogP contribution in [0.2, 0.25) is 0 Å². The maximum atomic E-state index is 11.6. The smallest absolute Gasteiger partial charge is 0.335 e. The molecule has 4 nitrogen and oxygen atoms in total. The monoisotopic (exact) mass is 254 g/mol. The number of esters is 1. The normalized spacial score (nSPS) is 38.8. The van der Waals surface area contributed by atoms with Gasteiger partial charge in [-0.05, 0) is 24.7 Å². The van der Waals surface area contributed by atoms with E-state index >= 15 is 0 Å². The van der Waals surface area contributed by atoms with Crippen molar-refractivity contribution >= 4 is 5.97 Å². The minimum Gasteiger partial charge on any atom is -0.424 e. The largest absolute Gasteiger partial charge is 0.424 e. The lowest BCUT2D eigenvalue weighted by Gasteiger charge is -2.36. The van der Waals surface area contributed by atoms with Crippen LogP contribution in [-0.2, 0) is 14.3 Å². The van der Waals surface area contributed by atoms with E-state index in [1.54, 1.807) is 6.92 Å². The Morgan fingerprint density at radius 2 is 2.11 bits per heavy atom. The van der Waals surface area contributed by atoms with E-state index in [9.17, 15) is 9.90 Å². The zero-order chi connectivity index (χ0) is 13.8. The number of carbonyl (C=O) groups excluding carboxylic acids is 1. The Kier molecular flexibility index (Phi) is 2.87. The zero-order valence-electron chi connectivity index (χ0n) is 11.6. The number of fused-ring (bicyclic) bond motifs is 1. The van der Waals surface area contributed by atoms with Gasteiger partial charge in [-0.25, -0.2) is 4.79 Å². The molecular formula is C14H22O4. The lowest BCUT2D eigenvalue weighted by molar-refractivity contribution is -0.159. The highest BCUT2D eigenvalue weighted by molar-refractivity contribution is 5.87. The Balaban J connectivity index is 2.06. The summed E-state index contributed by atoms with van der Waals surface area (Å²) in [5.41, 5.74) is 0.437. The molecule has 1 saturated heterocycles. The molecule has 3 atom stereocenters. The standard InChI is InChI=1S/C14H22O4/c1-9(2)11(15)17-14-7-6-10(12(3,4)5)8-13(14,16)18-14/h10,16H,1,6-8H2,2-5H3. The van der Waals surface area contributed by atoms with E-state index in [1.165, 1.54) is 0 Å². The molecule has 2 rings (SSSR count). The fourth-order valence-electron chi connectivity index (χ4n) is 2.62. The first-order chi connectivity index (χ1) is 8.10. The maximum absolute atomic E-state index is 11.6. The van der Waals surface area contributed by atoms with Crippen LogP contribution in [0.1, 0.15) is 47.0 Å². The van der Waals surface area contributed by atoms with Gasteiger partial charge in [0, 0.05) is 18.4 Å². The summed E-state index contributed by atoms with van der Waals surface area (Å²) in [4.78, 5) is 11.6. The van der Waals surface area contributed by atoms with Crippen LogP contribution in [0.15, 0.2) is 12.2 Å². The number of rotatable bonds is 2. The molecule has 0 aromatic heterocycles. The van der Waals surface area contributed by atoms with Gasteiger partial charge in [0.1, 0.15) is 0 Å². The second-order valence-electron chi connectivity index (χ2n) is 6.61. The number of epoxide rings is 1. The lowest BCUT2D eigenvalue weighted by Crippen LogP contribution is -2.40. The highest BCUT2D eigenvalue weighted by atomic mass is 16.9. The van der Waals surface area contributed by atoms with E-state index < -0.39 is 17.5 Å². The molecule has 0 amide bonds. The molecule has 1 N–H and O–H groups in total. The number of ether oxygens (including phenoxy) is 2. The van der Waals surface area contributed by atoms with E-state index in [0.717, 1.165) is 6.42 Å². The van der Waals surface area contributed by atoms with Gasteiger partial charge in [0.05, 0.1) is 0 Å². The summed E-state index contributed by atoms with van der Waals surface area (Å²) < 4.78 is 10.6. The lowest BCUT2D eigenvalue weighted by atomic mass is 9.71. The van der Waals surface area contributed by atoms with E-state index in [4.69, 9.17) is 9.47 Å². The molecule has 0 bridgehead atoms. The fraction of sp³-hybridized carbons (Fsp3) is 0.786. The molecule has 0 aromatic carbocycles. The van der Waals surface area contributed by atoms with E-state index in [0.29, 0.717) is 24.3 Å². The molecule has 2 aliphatic rings. The summed E-state index contributed by atoms with van der Waals surface area (Å²) in [5.74, 6) is -2.55. The van der Waals surface area contributed by atoms with Crippen LogP contribution < -0.4 is 0 Å². The molecule has 1 saturated carbocycles. The van der Waals surface area contributed by atoms with Gasteiger partial charge >= 0.3 is 5.97 Å². The molecule has 0 aromatic rings. The third-order valence-electron chi connectivity index (χ3n) is 4.06. The van der Waals surface area contributed by atoms with Crippen LogP contribution in [0.4, 0.5) is 0 Å². The van der Waals surface area contributed by atoms with Crippen molar-refractivity contribution in [2.24, 2.45) is 11.3 Å². The molecule has 0 spiro atoms. The minimum absolute atomic E-state index is 0.117. The van der Waals surface area contributed by atoms with Gasteiger partial charge in [0.25, 0.3) is 5.79 Å². The fourth-order valence-corrected chi connectivity index (χ4v) is 2.62. The van der Waals surface area contributed by atoms with Crippen LogP contribution >= 0.6 is 0 Å². The average molecular weight is 254 g/mol. The average Bonchev–Trinajstić information content (AvgIpc) is 2.80. The van der Waals surface area contributed by atoms with Gasteiger partial charge < -0.3 is 9.84 Å². The van der Waals surface area contributed by atoms with E-state index in [2.05, 4.69) is 27.4 Å². The first-order valence-electron chi connectivity index (χ1n) is 6.41. The first-order valence-corrected chi connectivity index (χ1v) is 6.41. The summed E-state index contributed by atoms with van der Waals surface area (Å²) in [6.07, 6.45) is 1.94. The Bertz CT molecular complexity index is 395. The van der Waals surface area contributed by atoms with Crippen molar-refractivity contribution < 1.29 is 19.4 Å². The second kappa shape index (κ2) is 3.81. The molecule has 1 aliphatic heterocycles. The number of hydrogen-bond acceptors (Lipinski definition) is 4. The maximum Gasteiger partial charge on any atom is 0.335 e. The van der Waals surface area contributed by atoms with Crippen molar-refractivity contribution in [3.63, 3.8) is 0 Å². The topological polar surface area (TPSA) is 59.1 Å². The van der Waals surface area contributed by atoms with Crippen LogP contribution in [0.25, 0.3) is 0 Å². The number of aliphatic hydroxyl groups is 1. The van der Waals surface area contributed by atoms with Gasteiger partial charge in [0.15, 0.2) is 0 Å². The number of hydrogen-bond donors (Lipinski definition) is 1. The van der Waals surface area contributed by atoms with Gasteiger partial charge in [0.2, 0.25) is 5.79 Å². The van der Waals surface area contributed by atoms with Gasteiger partial charge in [-0.2, -0.15) is 0 Å². The summed E-state index contributed by atoms with van der Waals surface area (Å²) in [6.45, 7) is 11.6. The van der Waals surface area contributed by atoms with E-state index in [1.807, 2.05) is 0 Å². The van der Waals surface area contributed by atoms with Crippen molar-refractivity contribution in [1.29, 1.82) is 0 Å². The molecule has 3 unspecified atom stereocenters. The Hall–Kier alpha value is -0.870. The van der Waals surface area contributed by atoms with Gasteiger partial charge in [-0.1, -0.05) is 27.4 Å². The van der Waals surface area contributed by atoms with Gasteiger partial charge in [-0.15, -0.1) is 0 Å². The highest BCUT2D eigenvalue weighted by Crippen LogP contribution is 2.60. The van der Waals surface area contributed by atoms with Crippen molar-refractivity contribution in [1.82, 2.24) is 0 Å². The van der Waals surface area contributed by atoms with Crippen molar-refractivity contribution in [3.05, 3.63) is 12.2 Å². The molecule has 2 fully saturated rings. The minimum atomic E-state index is -1.30. The van der Waals surface area contributed by atoms with Crippen molar-refractivity contribution in [2.75, 3.05) is 0 Å². The molecule has 18 heavy (non-hydrogen) atoms. The van der Waals surface area contributed by atoms with Crippen LogP contribution in [0.3, 0.4) is 0 Å². The molecule has 4 heteroatoms. The molecule has 1 aliphatic carbocycles. The Morgan fingerprint density at radius 3 is 2.56 bits per heavy atom. The molecular weight excluding hydrogens is 232 g/mol. The van der Waals surface area contributed by atoms with Crippen LogP contribution in [-0.4, -0.2) is 22.7 Å².